The molecule has 0 saturated carbocycles. The number of nitriles is 1. The maximum atomic E-state index is 13.2. The number of rotatable bonds is 7. The molecule has 0 radical (unpaired) electrons. The van der Waals surface area contributed by atoms with Gasteiger partial charge in [0.1, 0.15) is 5.82 Å². The third kappa shape index (κ3) is 7.74. The number of nitrogens with one attached hydrogen (secondary N) is 1. The van der Waals surface area contributed by atoms with Gasteiger partial charge in [-0.3, -0.25) is 9.69 Å². The molecule has 1 N–H and O–H groups in total. The van der Waals surface area contributed by atoms with E-state index >= 15 is 0 Å². The van der Waals surface area contributed by atoms with Gasteiger partial charge in [-0.2, -0.15) is 18.4 Å². The number of amides is 1. The van der Waals surface area contributed by atoms with Gasteiger partial charge in [0.05, 0.1) is 22.2 Å². The summed E-state index contributed by atoms with van der Waals surface area (Å²) in [6, 6.07) is 9.02. The summed E-state index contributed by atoms with van der Waals surface area (Å²) in [4.78, 5) is 23.5. The Morgan fingerprint density at radius 3 is 2.42 bits per heavy atom. The Kier molecular flexibility index (Phi) is 10.2. The number of aromatic nitrogens is 1. The van der Waals surface area contributed by atoms with E-state index in [1.807, 2.05) is 17.0 Å². The van der Waals surface area contributed by atoms with E-state index < -0.39 is 11.7 Å². The third-order valence-electron chi connectivity index (χ3n) is 6.94. The van der Waals surface area contributed by atoms with Crippen LogP contribution in [-0.2, 0) is 11.0 Å². The van der Waals surface area contributed by atoms with Crippen molar-refractivity contribution >= 4 is 29.0 Å². The van der Waals surface area contributed by atoms with E-state index in [-0.39, 0.29) is 24.9 Å². The maximum absolute atomic E-state index is 13.2. The van der Waals surface area contributed by atoms with E-state index in [1.165, 1.54) is 12.1 Å². The fourth-order valence-electron chi connectivity index (χ4n) is 4.84. The van der Waals surface area contributed by atoms with E-state index in [0.29, 0.717) is 43.1 Å². The van der Waals surface area contributed by atoms with Crippen LogP contribution in [0.2, 0.25) is 5.02 Å². The highest BCUT2D eigenvalue weighted by molar-refractivity contribution is 6.30. The van der Waals surface area contributed by atoms with Gasteiger partial charge in [-0.25, -0.2) is 4.98 Å². The SMILES string of the molecule is C.N#Cc1ccc(NC2CCN(C(=O)CCCN3CCN(c4ccc(Cl)cn4)CC3)CC2)cc1C(F)(F)F. The molecular formula is C27H34ClF3N6O. The lowest BCUT2D eigenvalue weighted by atomic mass is 10.0. The number of hydrogen-bond donors (Lipinski definition) is 1. The van der Waals surface area contributed by atoms with Crippen LogP contribution in [-0.4, -0.2) is 72.5 Å². The second-order valence-corrected chi connectivity index (χ2v) is 9.87. The van der Waals surface area contributed by atoms with Crippen molar-refractivity contribution in [1.82, 2.24) is 14.8 Å². The van der Waals surface area contributed by atoms with Crippen molar-refractivity contribution in [2.75, 3.05) is 56.0 Å². The van der Waals surface area contributed by atoms with Crippen LogP contribution in [0, 0.1) is 11.3 Å². The Labute approximate surface area is 227 Å². The lowest BCUT2D eigenvalue weighted by molar-refractivity contribution is -0.137. The van der Waals surface area contributed by atoms with Crippen LogP contribution in [0.3, 0.4) is 0 Å². The average Bonchev–Trinajstić information content (AvgIpc) is 2.89. The molecule has 3 heterocycles. The van der Waals surface area contributed by atoms with Gasteiger partial charge in [-0.05, 0) is 56.1 Å². The summed E-state index contributed by atoms with van der Waals surface area (Å²) in [7, 11) is 0. The zero-order chi connectivity index (χ0) is 26.4. The van der Waals surface area contributed by atoms with Crippen molar-refractivity contribution in [2.45, 2.75) is 45.3 Å². The number of alkyl halides is 3. The predicted octanol–water partition coefficient (Wildman–Crippen LogP) is 5.27. The predicted molar refractivity (Wildman–Crippen MR) is 143 cm³/mol. The van der Waals surface area contributed by atoms with Gasteiger partial charge in [0, 0.05) is 63.6 Å². The van der Waals surface area contributed by atoms with Gasteiger partial charge in [-0.15, -0.1) is 0 Å². The van der Waals surface area contributed by atoms with E-state index in [9.17, 15) is 18.0 Å². The van der Waals surface area contributed by atoms with Crippen LogP contribution in [0.15, 0.2) is 36.5 Å². The van der Waals surface area contributed by atoms with Crippen molar-refractivity contribution < 1.29 is 18.0 Å². The number of likely N-dealkylation sites (tertiary alicyclic amines) is 1. The van der Waals surface area contributed by atoms with Crippen LogP contribution < -0.4 is 10.2 Å². The standard InChI is InChI=1S/C26H30ClF3N6O.CH4/c27-20-4-6-24(32-18-20)35-14-12-34(13-15-35)9-1-2-25(37)36-10-7-21(8-11-36)33-22-5-3-19(17-31)23(16-22)26(28,29)30;/h3-6,16,18,21,33H,1-2,7-15H2;1H4. The summed E-state index contributed by atoms with van der Waals surface area (Å²) in [5, 5.41) is 12.7. The quantitative estimate of drug-likeness (QED) is 0.506. The number of pyridine rings is 1. The highest BCUT2D eigenvalue weighted by Gasteiger charge is 2.34. The third-order valence-corrected chi connectivity index (χ3v) is 7.16. The minimum absolute atomic E-state index is 0. The number of halogens is 4. The van der Waals surface area contributed by atoms with Crippen LogP contribution in [0.25, 0.3) is 0 Å². The summed E-state index contributed by atoms with van der Waals surface area (Å²) in [5.41, 5.74) is -0.988. The number of anilines is 2. The molecule has 38 heavy (non-hydrogen) atoms. The molecule has 0 bridgehead atoms. The van der Waals surface area contributed by atoms with Crippen LogP contribution in [0.5, 0.6) is 0 Å². The zero-order valence-electron chi connectivity index (χ0n) is 20.5. The summed E-state index contributed by atoms with van der Waals surface area (Å²) in [6.07, 6.45) is -0.324. The van der Waals surface area contributed by atoms with E-state index in [4.69, 9.17) is 16.9 Å². The number of carbonyl (C=O) groups excluding carboxylic acids is 1. The molecule has 1 aromatic heterocycles. The summed E-state index contributed by atoms with van der Waals surface area (Å²) in [6.45, 7) is 5.62. The first-order chi connectivity index (χ1) is 17.7. The molecule has 7 nitrogen and oxygen atoms in total. The Balaban J connectivity index is 0.00000400. The molecule has 11 heteroatoms. The fraction of sp³-hybridized carbons (Fsp3) is 0.519. The Morgan fingerprint density at radius 1 is 1.11 bits per heavy atom. The molecule has 2 aliphatic heterocycles. The van der Waals surface area contributed by atoms with Gasteiger partial charge in [0.2, 0.25) is 5.91 Å². The first-order valence-corrected chi connectivity index (χ1v) is 12.9. The number of piperidine rings is 1. The monoisotopic (exact) mass is 550 g/mol. The molecule has 0 atom stereocenters. The molecule has 0 aliphatic carbocycles. The van der Waals surface area contributed by atoms with E-state index in [2.05, 4.69) is 20.1 Å². The second kappa shape index (κ2) is 13.2. The summed E-state index contributed by atoms with van der Waals surface area (Å²) >= 11 is 5.91. The Hall–Kier alpha value is -3.03. The second-order valence-electron chi connectivity index (χ2n) is 9.44. The molecule has 4 rings (SSSR count). The molecule has 206 valence electrons. The highest BCUT2D eigenvalue weighted by atomic mass is 35.5. The first kappa shape index (κ1) is 29.5. The molecule has 2 fully saturated rings. The van der Waals surface area contributed by atoms with Crippen LogP contribution >= 0.6 is 11.6 Å². The molecule has 0 spiro atoms. The number of hydrogen-bond acceptors (Lipinski definition) is 6. The number of nitrogens with zero attached hydrogens (tertiary/aromatic N) is 5. The van der Waals surface area contributed by atoms with Crippen molar-refractivity contribution in [2.24, 2.45) is 0 Å². The summed E-state index contributed by atoms with van der Waals surface area (Å²) in [5.74, 6) is 1.05. The van der Waals surface area contributed by atoms with Gasteiger partial charge >= 0.3 is 6.18 Å². The minimum Gasteiger partial charge on any atom is -0.382 e. The number of benzene rings is 1. The van der Waals surface area contributed by atoms with E-state index in [0.717, 1.165) is 51.0 Å². The lowest BCUT2D eigenvalue weighted by Crippen LogP contribution is -2.47. The molecule has 0 unspecified atom stereocenters. The zero-order valence-corrected chi connectivity index (χ0v) is 21.2. The molecular weight excluding hydrogens is 517 g/mol. The van der Waals surface area contributed by atoms with Crippen molar-refractivity contribution in [1.29, 1.82) is 5.26 Å². The van der Waals surface area contributed by atoms with E-state index in [1.54, 1.807) is 12.3 Å². The fourth-order valence-corrected chi connectivity index (χ4v) is 4.95. The number of piperazine rings is 1. The molecule has 2 aromatic rings. The van der Waals surface area contributed by atoms with Crippen molar-refractivity contribution in [3.05, 3.63) is 52.7 Å². The van der Waals surface area contributed by atoms with Gasteiger partial charge in [-0.1, -0.05) is 19.0 Å². The Morgan fingerprint density at radius 2 is 1.82 bits per heavy atom. The van der Waals surface area contributed by atoms with Gasteiger partial charge < -0.3 is 15.1 Å². The number of carbonyl (C=O) groups is 1. The molecule has 2 saturated heterocycles. The van der Waals surface area contributed by atoms with Crippen LogP contribution in [0.1, 0.15) is 44.2 Å². The minimum atomic E-state index is -4.58. The molecule has 1 amide bonds. The summed E-state index contributed by atoms with van der Waals surface area (Å²) < 4.78 is 39.7. The van der Waals surface area contributed by atoms with Gasteiger partial charge in [0.15, 0.2) is 0 Å². The normalized spacial score (nSPS) is 17.0. The van der Waals surface area contributed by atoms with Crippen molar-refractivity contribution in [3.63, 3.8) is 0 Å². The lowest BCUT2D eigenvalue weighted by Gasteiger charge is -2.36. The smallest absolute Gasteiger partial charge is 0.382 e. The largest absolute Gasteiger partial charge is 0.417 e. The molecule has 2 aliphatic rings. The Bertz CT molecular complexity index is 1110. The average molecular weight is 551 g/mol. The maximum Gasteiger partial charge on any atom is 0.417 e. The van der Waals surface area contributed by atoms with Crippen molar-refractivity contribution in [3.8, 4) is 6.07 Å². The van der Waals surface area contributed by atoms with Crippen LogP contribution in [0.4, 0.5) is 24.7 Å². The highest BCUT2D eigenvalue weighted by Crippen LogP contribution is 2.34. The topological polar surface area (TPSA) is 75.5 Å². The van der Waals surface area contributed by atoms with Gasteiger partial charge in [0.25, 0.3) is 0 Å². The first-order valence-electron chi connectivity index (χ1n) is 12.5. The molecule has 1 aromatic carbocycles.